The van der Waals surface area contributed by atoms with Gasteiger partial charge in [0.25, 0.3) is 0 Å². The normalized spacial score (nSPS) is 11.9. The molecule has 0 aromatic heterocycles. The summed E-state index contributed by atoms with van der Waals surface area (Å²) in [5.74, 6) is -0.346. The van der Waals surface area contributed by atoms with Crippen LogP contribution in [0, 0.1) is 0 Å². The van der Waals surface area contributed by atoms with Crippen molar-refractivity contribution in [3.8, 4) is 0 Å². The molecule has 0 radical (unpaired) electrons. The maximum atomic E-state index is 11.0. The Morgan fingerprint density at radius 2 is 1.94 bits per heavy atom. The van der Waals surface area contributed by atoms with Crippen molar-refractivity contribution < 1.29 is 14.7 Å². The highest BCUT2D eigenvalue weighted by Gasteiger charge is 2.18. The molecule has 4 nitrogen and oxygen atoms in total. The Balaban J connectivity index is 2.68. The first kappa shape index (κ1) is 14.6. The number of carbonyl (C=O) groups is 2. The van der Waals surface area contributed by atoms with Gasteiger partial charge in [0, 0.05) is 18.2 Å². The second kappa shape index (κ2) is 7.06. The molecule has 0 saturated heterocycles. The van der Waals surface area contributed by atoms with Gasteiger partial charge in [0.05, 0.1) is 0 Å². The highest BCUT2D eigenvalue weighted by Crippen LogP contribution is 2.18. The zero-order valence-corrected chi connectivity index (χ0v) is 11.3. The second-order valence-corrected chi connectivity index (χ2v) is 5.21. The molecule has 1 aromatic rings. The molecule has 18 heavy (non-hydrogen) atoms. The highest BCUT2D eigenvalue weighted by atomic mass is 32.2. The van der Waals surface area contributed by atoms with Gasteiger partial charge < -0.3 is 10.4 Å². The monoisotopic (exact) mass is 267 g/mol. The summed E-state index contributed by atoms with van der Waals surface area (Å²) in [5, 5.41) is 11.4. The van der Waals surface area contributed by atoms with E-state index in [-0.39, 0.29) is 5.91 Å². The number of hydrogen-bond acceptors (Lipinski definition) is 3. The minimum Gasteiger partial charge on any atom is -0.480 e. The molecule has 0 aliphatic heterocycles. The third-order valence-electron chi connectivity index (χ3n) is 2.35. The average molecular weight is 267 g/mol. The van der Waals surface area contributed by atoms with Crippen LogP contribution in [0.15, 0.2) is 29.2 Å². The fraction of sp³-hybridized carbons (Fsp3) is 0.385. The molecule has 1 unspecified atom stereocenters. The molecule has 1 rings (SSSR count). The van der Waals surface area contributed by atoms with E-state index in [4.69, 9.17) is 5.11 Å². The molecule has 0 bridgehead atoms. The first-order valence-corrected chi connectivity index (χ1v) is 6.73. The van der Waals surface area contributed by atoms with Crippen LogP contribution < -0.4 is 5.32 Å². The van der Waals surface area contributed by atoms with Crippen LogP contribution in [0.1, 0.15) is 19.4 Å². The van der Waals surface area contributed by atoms with Gasteiger partial charge in [-0.05, 0) is 23.4 Å². The second-order valence-electron chi connectivity index (χ2n) is 3.87. The van der Waals surface area contributed by atoms with Crippen molar-refractivity contribution in [1.82, 2.24) is 5.32 Å². The van der Waals surface area contributed by atoms with E-state index in [2.05, 4.69) is 12.2 Å². The molecule has 1 amide bonds. The Hall–Kier alpha value is -1.49. The molecule has 0 spiro atoms. The predicted octanol–water partition coefficient (Wildman–Crippen LogP) is 1.93. The third kappa shape index (κ3) is 4.79. The number of thioether (sulfide) groups is 1. The highest BCUT2D eigenvalue weighted by molar-refractivity contribution is 7.99. The van der Waals surface area contributed by atoms with Crippen LogP contribution in [0.2, 0.25) is 0 Å². The molecule has 0 heterocycles. The maximum absolute atomic E-state index is 11.0. The largest absolute Gasteiger partial charge is 0.480 e. The summed E-state index contributed by atoms with van der Waals surface area (Å²) >= 11 is 1.73. The van der Waals surface area contributed by atoms with Crippen LogP contribution in [0.25, 0.3) is 0 Å². The van der Waals surface area contributed by atoms with Gasteiger partial charge in [0.1, 0.15) is 6.04 Å². The standard InChI is InChI=1S/C13H17NO3S/c1-3-18-11-6-4-10(5-7-11)8-12(13(16)17)14-9(2)15/h4-7,12H,3,8H2,1-2H3,(H,14,15)(H,16,17). The number of carbonyl (C=O) groups excluding carboxylic acids is 1. The Labute approximate surface area is 111 Å². The number of aliphatic carboxylic acids is 1. The number of nitrogens with one attached hydrogen (secondary N) is 1. The van der Waals surface area contributed by atoms with Crippen LogP contribution in [0.3, 0.4) is 0 Å². The van der Waals surface area contributed by atoms with Crippen LogP contribution in [-0.4, -0.2) is 28.8 Å². The van der Waals surface area contributed by atoms with Crippen LogP contribution in [0.5, 0.6) is 0 Å². The maximum Gasteiger partial charge on any atom is 0.326 e. The Morgan fingerprint density at radius 1 is 1.33 bits per heavy atom. The van der Waals surface area contributed by atoms with Crippen molar-refractivity contribution >= 4 is 23.6 Å². The Kier molecular flexibility index (Phi) is 5.71. The van der Waals surface area contributed by atoms with Crippen molar-refractivity contribution in [2.24, 2.45) is 0 Å². The molecular weight excluding hydrogens is 250 g/mol. The number of rotatable bonds is 6. The van der Waals surface area contributed by atoms with E-state index in [0.717, 1.165) is 16.2 Å². The van der Waals surface area contributed by atoms with Crippen molar-refractivity contribution in [2.75, 3.05) is 5.75 Å². The summed E-state index contributed by atoms with van der Waals surface area (Å²) in [7, 11) is 0. The zero-order chi connectivity index (χ0) is 13.5. The van der Waals surface area contributed by atoms with E-state index in [1.54, 1.807) is 11.8 Å². The number of carboxylic acids is 1. The van der Waals surface area contributed by atoms with Crippen molar-refractivity contribution in [3.63, 3.8) is 0 Å². The minimum atomic E-state index is -1.02. The van der Waals surface area contributed by atoms with E-state index < -0.39 is 12.0 Å². The fourth-order valence-electron chi connectivity index (χ4n) is 1.57. The van der Waals surface area contributed by atoms with Gasteiger partial charge in [-0.25, -0.2) is 4.79 Å². The van der Waals surface area contributed by atoms with E-state index in [9.17, 15) is 9.59 Å². The first-order valence-electron chi connectivity index (χ1n) is 5.74. The molecular formula is C13H17NO3S. The van der Waals surface area contributed by atoms with Gasteiger partial charge in [-0.1, -0.05) is 19.1 Å². The van der Waals surface area contributed by atoms with E-state index in [1.807, 2.05) is 24.3 Å². The lowest BCUT2D eigenvalue weighted by Gasteiger charge is -2.13. The SMILES string of the molecule is CCSc1ccc(CC(NC(C)=O)C(=O)O)cc1. The predicted molar refractivity (Wildman–Crippen MR) is 71.8 cm³/mol. The van der Waals surface area contributed by atoms with Gasteiger partial charge in [0.2, 0.25) is 5.91 Å². The van der Waals surface area contributed by atoms with Gasteiger partial charge in [-0.3, -0.25) is 4.79 Å². The summed E-state index contributed by atoms with van der Waals surface area (Å²) in [4.78, 5) is 23.1. The van der Waals surface area contributed by atoms with Gasteiger partial charge >= 0.3 is 5.97 Å². The molecule has 0 fully saturated rings. The lowest BCUT2D eigenvalue weighted by molar-refractivity contribution is -0.141. The molecule has 0 saturated carbocycles. The number of benzene rings is 1. The molecule has 0 aliphatic carbocycles. The topological polar surface area (TPSA) is 66.4 Å². The number of carboxylic acid groups (broad SMARTS) is 1. The fourth-order valence-corrected chi connectivity index (χ4v) is 2.23. The van der Waals surface area contributed by atoms with Gasteiger partial charge in [-0.2, -0.15) is 0 Å². The lowest BCUT2D eigenvalue weighted by Crippen LogP contribution is -2.41. The smallest absolute Gasteiger partial charge is 0.326 e. The van der Waals surface area contributed by atoms with E-state index in [0.29, 0.717) is 6.42 Å². The lowest BCUT2D eigenvalue weighted by atomic mass is 10.1. The zero-order valence-electron chi connectivity index (χ0n) is 10.5. The van der Waals surface area contributed by atoms with Gasteiger partial charge in [-0.15, -0.1) is 11.8 Å². The van der Waals surface area contributed by atoms with E-state index in [1.165, 1.54) is 6.92 Å². The number of hydrogen-bond donors (Lipinski definition) is 2. The summed E-state index contributed by atoms with van der Waals surface area (Å²) in [6, 6.07) is 6.87. The summed E-state index contributed by atoms with van der Waals surface area (Å²) in [6.45, 7) is 3.40. The van der Waals surface area contributed by atoms with Crippen LogP contribution >= 0.6 is 11.8 Å². The van der Waals surface area contributed by atoms with Crippen molar-refractivity contribution in [1.29, 1.82) is 0 Å². The molecule has 98 valence electrons. The average Bonchev–Trinajstić information content (AvgIpc) is 2.30. The Morgan fingerprint density at radius 3 is 2.39 bits per heavy atom. The van der Waals surface area contributed by atoms with Crippen molar-refractivity contribution in [2.45, 2.75) is 31.2 Å². The minimum absolute atomic E-state index is 0.298. The van der Waals surface area contributed by atoms with Crippen molar-refractivity contribution in [3.05, 3.63) is 29.8 Å². The third-order valence-corrected chi connectivity index (χ3v) is 3.24. The summed E-state index contributed by atoms with van der Waals surface area (Å²) in [5.41, 5.74) is 0.900. The van der Waals surface area contributed by atoms with E-state index >= 15 is 0 Å². The molecule has 1 aromatic carbocycles. The van der Waals surface area contributed by atoms with Gasteiger partial charge in [0.15, 0.2) is 0 Å². The Bertz CT molecular complexity index is 417. The quantitative estimate of drug-likeness (QED) is 0.773. The molecule has 5 heteroatoms. The number of amides is 1. The molecule has 0 aliphatic rings. The van der Waals surface area contributed by atoms with Crippen LogP contribution in [0.4, 0.5) is 0 Å². The summed E-state index contributed by atoms with van der Waals surface area (Å²) < 4.78 is 0. The first-order chi connectivity index (χ1) is 8.52. The summed E-state index contributed by atoms with van der Waals surface area (Å²) in [6.07, 6.45) is 0.298. The van der Waals surface area contributed by atoms with Crippen LogP contribution in [-0.2, 0) is 16.0 Å². The molecule has 1 atom stereocenters. The molecule has 2 N–H and O–H groups in total.